The van der Waals surface area contributed by atoms with Crippen molar-refractivity contribution < 1.29 is 4.79 Å². The summed E-state index contributed by atoms with van der Waals surface area (Å²) in [4.78, 5) is 20.7. The zero-order valence-corrected chi connectivity index (χ0v) is 22.7. The molecule has 1 fully saturated rings. The van der Waals surface area contributed by atoms with Gasteiger partial charge in [0.1, 0.15) is 5.69 Å². The van der Waals surface area contributed by atoms with Crippen LogP contribution in [0.3, 0.4) is 0 Å². The number of rotatable bonds is 8. The molecule has 0 bridgehead atoms. The molecule has 35 heavy (non-hydrogen) atoms. The fourth-order valence-corrected chi connectivity index (χ4v) is 5.35. The van der Waals surface area contributed by atoms with E-state index in [4.69, 9.17) is 0 Å². The number of nitrogens with one attached hydrogen (secondary N) is 2. The first-order chi connectivity index (χ1) is 16.4. The molecule has 2 aromatic rings. The summed E-state index contributed by atoms with van der Waals surface area (Å²) in [5.41, 5.74) is 8.09. The number of fused-ring (bicyclic) bond motifs is 1. The molecular formula is C29H43N5O. The van der Waals surface area contributed by atoms with Gasteiger partial charge in [0.05, 0.1) is 18.3 Å². The van der Waals surface area contributed by atoms with Gasteiger partial charge in [-0.1, -0.05) is 53.3 Å². The minimum atomic E-state index is -0.256. The molecule has 0 aromatic carbocycles. The minimum absolute atomic E-state index is 0.221. The number of hydrogen-bond acceptors (Lipinski definition) is 3. The molecule has 1 atom stereocenters. The molecule has 2 aliphatic rings. The summed E-state index contributed by atoms with van der Waals surface area (Å²) in [6.45, 7) is 21.9. The number of aromatic nitrogens is 3. The van der Waals surface area contributed by atoms with Crippen LogP contribution in [-0.4, -0.2) is 56.6 Å². The molecule has 1 unspecified atom stereocenters. The van der Waals surface area contributed by atoms with Crippen LogP contribution in [-0.2, 0) is 17.6 Å². The van der Waals surface area contributed by atoms with E-state index in [2.05, 4.69) is 79.5 Å². The molecule has 0 spiro atoms. The van der Waals surface area contributed by atoms with Gasteiger partial charge < -0.3 is 14.8 Å². The van der Waals surface area contributed by atoms with E-state index in [0.717, 1.165) is 61.6 Å². The Morgan fingerprint density at radius 2 is 2.09 bits per heavy atom. The van der Waals surface area contributed by atoms with E-state index in [1.165, 1.54) is 16.8 Å². The number of aryl methyl sites for hydroxylation is 1. The van der Waals surface area contributed by atoms with Crippen molar-refractivity contribution in [3.63, 3.8) is 0 Å². The Morgan fingerprint density at radius 1 is 1.34 bits per heavy atom. The number of hydrogen-bond donors (Lipinski definition) is 2. The van der Waals surface area contributed by atoms with Crippen LogP contribution in [0.4, 0.5) is 0 Å². The number of H-pyrrole nitrogens is 2. The zero-order chi connectivity index (χ0) is 25.5. The van der Waals surface area contributed by atoms with Crippen molar-refractivity contribution in [1.82, 2.24) is 25.0 Å². The fraction of sp³-hybridized carbons (Fsp3) is 0.586. The molecule has 2 aromatic heterocycles. The van der Waals surface area contributed by atoms with Crippen molar-refractivity contribution in [2.45, 2.75) is 80.2 Å². The molecule has 1 amide bonds. The highest BCUT2D eigenvalue weighted by Crippen LogP contribution is 2.34. The fourth-order valence-electron chi connectivity index (χ4n) is 5.35. The Kier molecular flexibility index (Phi) is 6.78. The lowest BCUT2D eigenvalue weighted by atomic mass is 9.88. The van der Waals surface area contributed by atoms with E-state index in [1.54, 1.807) is 0 Å². The topological polar surface area (TPSA) is 68.0 Å². The van der Waals surface area contributed by atoms with E-state index in [-0.39, 0.29) is 22.8 Å². The Bertz CT molecular complexity index is 1130. The van der Waals surface area contributed by atoms with Crippen LogP contribution in [0, 0.1) is 17.8 Å². The molecule has 0 radical (unpaired) electrons. The number of likely N-dealkylation sites (N-methyl/N-ethyl adjacent to an activating group) is 1. The monoisotopic (exact) mass is 477 g/mol. The first kappa shape index (κ1) is 25.3. The highest BCUT2D eigenvalue weighted by atomic mass is 16.2. The van der Waals surface area contributed by atoms with Gasteiger partial charge in [0.15, 0.2) is 0 Å². The molecule has 2 N–H and O–H groups in total. The lowest BCUT2D eigenvalue weighted by molar-refractivity contribution is -0.134. The highest BCUT2D eigenvalue weighted by molar-refractivity contribution is 5.84. The first-order valence-corrected chi connectivity index (χ1v) is 13.1. The normalized spacial score (nSPS) is 19.3. The Morgan fingerprint density at radius 3 is 2.71 bits per heavy atom. The summed E-state index contributed by atoms with van der Waals surface area (Å²) < 4.78 is 0. The van der Waals surface area contributed by atoms with Gasteiger partial charge >= 0.3 is 0 Å². The second-order valence-electron chi connectivity index (χ2n) is 12.2. The van der Waals surface area contributed by atoms with Crippen LogP contribution in [0.5, 0.6) is 0 Å². The number of likely N-dealkylation sites (tertiary alicyclic amines) is 1. The summed E-state index contributed by atoms with van der Waals surface area (Å²) in [5, 5.41) is 7.87. The summed E-state index contributed by atoms with van der Waals surface area (Å²) in [6.07, 6.45) is 8.43. The van der Waals surface area contributed by atoms with Crippen LogP contribution >= 0.6 is 0 Å². The average Bonchev–Trinajstić information content (AvgIpc) is 3.43. The van der Waals surface area contributed by atoms with Crippen molar-refractivity contribution in [2.75, 3.05) is 19.6 Å². The molecule has 1 aliphatic heterocycles. The second kappa shape index (κ2) is 9.36. The Hall–Kier alpha value is -2.76. The summed E-state index contributed by atoms with van der Waals surface area (Å²) in [7, 11) is 0. The lowest BCUT2D eigenvalue weighted by Gasteiger charge is -2.35. The van der Waals surface area contributed by atoms with Gasteiger partial charge in [-0.3, -0.25) is 9.89 Å². The van der Waals surface area contributed by atoms with Gasteiger partial charge in [0, 0.05) is 47.6 Å². The smallest absolute Gasteiger partial charge is 0.228 e. The third-order valence-corrected chi connectivity index (χ3v) is 7.69. The minimum Gasteiger partial charge on any atom is -0.367 e. The van der Waals surface area contributed by atoms with E-state index >= 15 is 0 Å². The first-order valence-electron chi connectivity index (χ1n) is 13.1. The Labute approximate surface area is 210 Å². The Balaban J connectivity index is 1.48. The van der Waals surface area contributed by atoms with Gasteiger partial charge in [-0.2, -0.15) is 5.10 Å². The molecule has 6 nitrogen and oxygen atoms in total. The van der Waals surface area contributed by atoms with Crippen LogP contribution in [0.2, 0.25) is 0 Å². The van der Waals surface area contributed by atoms with Gasteiger partial charge in [0.25, 0.3) is 0 Å². The predicted molar refractivity (Wildman–Crippen MR) is 144 cm³/mol. The van der Waals surface area contributed by atoms with Crippen molar-refractivity contribution >= 4 is 12.0 Å². The maximum atomic E-state index is 12.7. The quantitative estimate of drug-likeness (QED) is 0.511. The summed E-state index contributed by atoms with van der Waals surface area (Å²) >= 11 is 0. The van der Waals surface area contributed by atoms with Gasteiger partial charge in [0.2, 0.25) is 5.91 Å². The largest absolute Gasteiger partial charge is 0.367 e. The molecule has 1 aliphatic carbocycles. The molecular weight excluding hydrogens is 434 g/mol. The summed E-state index contributed by atoms with van der Waals surface area (Å²) in [5.74, 6) is 0.238. The van der Waals surface area contributed by atoms with E-state index in [1.807, 2.05) is 18.7 Å². The van der Waals surface area contributed by atoms with Crippen LogP contribution in [0.25, 0.3) is 17.5 Å². The molecule has 4 rings (SSSR count). The summed E-state index contributed by atoms with van der Waals surface area (Å²) in [6, 6.07) is 2.45. The van der Waals surface area contributed by atoms with Crippen molar-refractivity contribution in [1.29, 1.82) is 0 Å². The number of nitrogens with zero attached hydrogens (tertiary/aromatic N) is 3. The standard InChI is InChI=1S/C29H43N5O/c1-9-34(19(2)18-33-15-14-29(7,8)27(33)35)22-11-10-21-16-25(30-24(21)17-22)26-23(20(3)31-32-26)12-13-28(4,5)6/h10-11,16,22,30H,2,9,12-15,17-18H2,1,3-8H3,(H,31,32). The highest BCUT2D eigenvalue weighted by Gasteiger charge is 2.39. The number of carbonyl (C=O) groups excluding carboxylic acids is 1. The van der Waals surface area contributed by atoms with Crippen LogP contribution < -0.4 is 0 Å². The zero-order valence-electron chi connectivity index (χ0n) is 22.7. The maximum absolute atomic E-state index is 12.7. The third-order valence-electron chi connectivity index (χ3n) is 7.69. The molecule has 190 valence electrons. The van der Waals surface area contributed by atoms with Crippen molar-refractivity contribution in [3.05, 3.63) is 46.9 Å². The van der Waals surface area contributed by atoms with Crippen molar-refractivity contribution in [3.8, 4) is 11.4 Å². The van der Waals surface area contributed by atoms with Gasteiger partial charge in [-0.15, -0.1) is 0 Å². The number of amides is 1. The average molecular weight is 478 g/mol. The van der Waals surface area contributed by atoms with E-state index in [9.17, 15) is 4.79 Å². The van der Waals surface area contributed by atoms with E-state index in [0.29, 0.717) is 6.54 Å². The van der Waals surface area contributed by atoms with Gasteiger partial charge in [-0.05, 0) is 50.2 Å². The lowest BCUT2D eigenvalue weighted by Crippen LogP contribution is -2.41. The molecule has 3 heterocycles. The molecule has 6 heteroatoms. The van der Waals surface area contributed by atoms with Crippen LogP contribution in [0.15, 0.2) is 24.4 Å². The molecule has 1 saturated heterocycles. The maximum Gasteiger partial charge on any atom is 0.228 e. The van der Waals surface area contributed by atoms with Crippen molar-refractivity contribution in [2.24, 2.45) is 10.8 Å². The SMILES string of the molecule is C=C(CN1CCC(C)(C)C1=O)N(CC)C1C=Cc2cc(-c3n[nH]c(C)c3CCC(C)(C)C)[nH]c2C1. The third kappa shape index (κ3) is 5.26. The second-order valence-corrected chi connectivity index (χ2v) is 12.2. The number of aromatic amines is 2. The van der Waals surface area contributed by atoms with E-state index < -0.39 is 0 Å². The molecule has 0 saturated carbocycles. The van der Waals surface area contributed by atoms with Crippen LogP contribution in [0.1, 0.15) is 76.9 Å². The predicted octanol–water partition coefficient (Wildman–Crippen LogP) is 5.72. The number of carbonyl (C=O) groups is 1. The van der Waals surface area contributed by atoms with Gasteiger partial charge in [-0.25, -0.2) is 0 Å².